The van der Waals surface area contributed by atoms with E-state index in [2.05, 4.69) is 5.32 Å². The van der Waals surface area contributed by atoms with Crippen molar-refractivity contribution >= 4 is 50.7 Å². The molecular weight excluding hydrogens is 633 g/mol. The van der Waals surface area contributed by atoms with Crippen molar-refractivity contribution in [1.29, 1.82) is 0 Å². The molecule has 0 saturated carbocycles. The summed E-state index contributed by atoms with van der Waals surface area (Å²) >= 11 is 12.7. The minimum Gasteiger partial charge on any atom is -0.497 e. The van der Waals surface area contributed by atoms with E-state index in [4.69, 9.17) is 27.9 Å². The van der Waals surface area contributed by atoms with Gasteiger partial charge in [0, 0.05) is 35.1 Å². The number of rotatable bonds is 13. The zero-order valence-electron chi connectivity index (χ0n) is 25.2. The summed E-state index contributed by atoms with van der Waals surface area (Å²) in [5, 5.41) is 3.65. The highest BCUT2D eigenvalue weighted by Crippen LogP contribution is 2.29. The number of carbonyl (C=O) groups is 2. The van der Waals surface area contributed by atoms with Gasteiger partial charge in [0.25, 0.3) is 10.0 Å². The highest BCUT2D eigenvalue weighted by Gasteiger charge is 2.35. The second kappa shape index (κ2) is 15.3. The Morgan fingerprint density at radius 1 is 0.867 bits per heavy atom. The van der Waals surface area contributed by atoms with Gasteiger partial charge in [-0.2, -0.15) is 0 Å². The Balaban J connectivity index is 1.83. The number of halogens is 2. The summed E-state index contributed by atoms with van der Waals surface area (Å²) in [6, 6.07) is 27.3. The van der Waals surface area contributed by atoms with Crippen molar-refractivity contribution in [3.05, 3.63) is 124 Å². The van der Waals surface area contributed by atoms with Crippen molar-refractivity contribution in [1.82, 2.24) is 10.2 Å². The molecule has 0 aliphatic heterocycles. The van der Waals surface area contributed by atoms with Gasteiger partial charge in [-0.05, 0) is 61.4 Å². The van der Waals surface area contributed by atoms with Gasteiger partial charge >= 0.3 is 0 Å². The van der Waals surface area contributed by atoms with Crippen molar-refractivity contribution in [2.75, 3.05) is 18.0 Å². The molecule has 2 amide bonds. The number of carbonyl (C=O) groups excluding carboxylic acids is 2. The van der Waals surface area contributed by atoms with E-state index in [0.717, 1.165) is 9.87 Å². The minimum atomic E-state index is -4.23. The Morgan fingerprint density at radius 2 is 1.53 bits per heavy atom. The van der Waals surface area contributed by atoms with Crippen LogP contribution in [0.5, 0.6) is 5.75 Å². The standard InChI is InChI=1S/C34H35Cl2N3O5S/c1-24(2)37-34(41)32(19-25-11-6-4-7-12-25)38(22-26-17-18-27(35)20-31(26)36)33(40)23-39(28-13-10-14-29(21-28)44-3)45(42,43)30-15-8-5-9-16-30/h4-18,20-21,24,32H,19,22-23H2,1-3H3,(H,37,41)/t32-/m0/s1. The molecule has 1 N–H and O–H groups in total. The first-order chi connectivity index (χ1) is 21.5. The van der Waals surface area contributed by atoms with Gasteiger partial charge in [-0.1, -0.05) is 83.9 Å². The van der Waals surface area contributed by atoms with Crippen LogP contribution < -0.4 is 14.4 Å². The van der Waals surface area contributed by atoms with E-state index >= 15 is 0 Å². The van der Waals surface area contributed by atoms with Gasteiger partial charge in [-0.25, -0.2) is 8.42 Å². The summed E-state index contributed by atoms with van der Waals surface area (Å²) in [5.41, 5.74) is 1.59. The van der Waals surface area contributed by atoms with E-state index in [9.17, 15) is 18.0 Å². The molecule has 0 spiro atoms. The Labute approximate surface area is 274 Å². The molecule has 45 heavy (non-hydrogen) atoms. The first-order valence-corrected chi connectivity index (χ1v) is 16.5. The number of methoxy groups -OCH3 is 1. The van der Waals surface area contributed by atoms with Crippen LogP contribution in [0.3, 0.4) is 0 Å². The molecule has 236 valence electrons. The van der Waals surface area contributed by atoms with Gasteiger partial charge in [0.15, 0.2) is 0 Å². The summed E-state index contributed by atoms with van der Waals surface area (Å²) in [6.07, 6.45) is 0.181. The van der Waals surface area contributed by atoms with Gasteiger partial charge < -0.3 is 15.0 Å². The average molecular weight is 669 g/mol. The van der Waals surface area contributed by atoms with E-state index in [1.165, 1.54) is 24.1 Å². The van der Waals surface area contributed by atoms with Crippen molar-refractivity contribution in [2.45, 2.75) is 43.8 Å². The molecule has 1 atom stereocenters. The van der Waals surface area contributed by atoms with E-state index in [1.54, 1.807) is 60.7 Å². The SMILES string of the molecule is COc1cccc(N(CC(=O)N(Cc2ccc(Cl)cc2Cl)[C@@H](Cc2ccccc2)C(=O)NC(C)C)S(=O)(=O)c2ccccc2)c1. The fourth-order valence-electron chi connectivity index (χ4n) is 4.78. The van der Waals surface area contributed by atoms with Crippen molar-refractivity contribution in [3.63, 3.8) is 0 Å². The lowest BCUT2D eigenvalue weighted by molar-refractivity contribution is -0.140. The number of anilines is 1. The van der Waals surface area contributed by atoms with Gasteiger partial charge in [-0.3, -0.25) is 13.9 Å². The topological polar surface area (TPSA) is 96.0 Å². The lowest BCUT2D eigenvalue weighted by atomic mass is 10.0. The van der Waals surface area contributed by atoms with Crippen molar-refractivity contribution in [3.8, 4) is 5.75 Å². The van der Waals surface area contributed by atoms with Gasteiger partial charge in [0.2, 0.25) is 11.8 Å². The maximum Gasteiger partial charge on any atom is 0.264 e. The molecule has 8 nitrogen and oxygen atoms in total. The van der Waals surface area contributed by atoms with Crippen LogP contribution in [0.2, 0.25) is 10.0 Å². The summed E-state index contributed by atoms with van der Waals surface area (Å²) in [6.45, 7) is 2.98. The third kappa shape index (κ3) is 8.78. The Bertz CT molecular complexity index is 1720. The molecule has 4 rings (SSSR count). The lowest BCUT2D eigenvalue weighted by Crippen LogP contribution is -2.54. The predicted octanol–water partition coefficient (Wildman–Crippen LogP) is 6.36. The molecule has 4 aromatic carbocycles. The largest absolute Gasteiger partial charge is 0.497 e. The highest BCUT2D eigenvalue weighted by molar-refractivity contribution is 7.92. The van der Waals surface area contributed by atoms with Crippen LogP contribution >= 0.6 is 23.2 Å². The van der Waals surface area contributed by atoms with Gasteiger partial charge in [0.05, 0.1) is 17.7 Å². The first kappa shape index (κ1) is 33.8. The summed E-state index contributed by atoms with van der Waals surface area (Å²) in [4.78, 5) is 29.7. The second-order valence-electron chi connectivity index (χ2n) is 10.7. The molecule has 0 aromatic heterocycles. The molecule has 0 fully saturated rings. The fraction of sp³-hybridized carbons (Fsp3) is 0.235. The molecule has 0 radical (unpaired) electrons. The van der Waals surface area contributed by atoms with Crippen LogP contribution in [-0.4, -0.2) is 50.9 Å². The van der Waals surface area contributed by atoms with Crippen LogP contribution in [0.1, 0.15) is 25.0 Å². The summed E-state index contributed by atoms with van der Waals surface area (Å²) in [7, 11) is -2.76. The predicted molar refractivity (Wildman–Crippen MR) is 178 cm³/mol. The smallest absolute Gasteiger partial charge is 0.264 e. The van der Waals surface area contributed by atoms with Crippen LogP contribution in [0, 0.1) is 0 Å². The lowest BCUT2D eigenvalue weighted by Gasteiger charge is -2.34. The summed E-state index contributed by atoms with van der Waals surface area (Å²) < 4.78 is 34.5. The third-order valence-electron chi connectivity index (χ3n) is 7.01. The molecule has 0 unspecified atom stereocenters. The van der Waals surface area contributed by atoms with E-state index < -0.39 is 28.5 Å². The van der Waals surface area contributed by atoms with Gasteiger partial charge in [-0.15, -0.1) is 0 Å². The number of hydrogen-bond acceptors (Lipinski definition) is 5. The maximum atomic E-state index is 14.5. The zero-order valence-corrected chi connectivity index (χ0v) is 27.5. The number of ether oxygens (including phenoxy) is 1. The Kier molecular flexibility index (Phi) is 11.5. The van der Waals surface area contributed by atoms with E-state index in [1.807, 2.05) is 44.2 Å². The number of sulfonamides is 1. The highest BCUT2D eigenvalue weighted by atomic mass is 35.5. The number of amides is 2. The van der Waals surface area contributed by atoms with Crippen LogP contribution in [0.4, 0.5) is 5.69 Å². The quantitative estimate of drug-likeness (QED) is 0.179. The second-order valence-corrected chi connectivity index (χ2v) is 13.4. The molecular formula is C34H35Cl2N3O5S. The molecule has 0 aliphatic rings. The Morgan fingerprint density at radius 3 is 2.16 bits per heavy atom. The van der Waals surface area contributed by atoms with Crippen molar-refractivity contribution < 1.29 is 22.7 Å². The van der Waals surface area contributed by atoms with E-state index in [0.29, 0.717) is 21.4 Å². The average Bonchev–Trinajstić information content (AvgIpc) is 3.02. The first-order valence-electron chi connectivity index (χ1n) is 14.3. The van der Waals surface area contributed by atoms with Crippen molar-refractivity contribution in [2.24, 2.45) is 0 Å². The van der Waals surface area contributed by atoms with Crippen LogP contribution in [0.25, 0.3) is 0 Å². The minimum absolute atomic E-state index is 0.00584. The van der Waals surface area contributed by atoms with Crippen LogP contribution in [-0.2, 0) is 32.6 Å². The molecule has 0 heterocycles. The molecule has 0 aliphatic carbocycles. The number of benzene rings is 4. The van der Waals surface area contributed by atoms with Gasteiger partial charge in [0.1, 0.15) is 18.3 Å². The fourth-order valence-corrected chi connectivity index (χ4v) is 6.68. The normalized spacial score (nSPS) is 12.0. The molecule has 4 aromatic rings. The monoisotopic (exact) mass is 667 g/mol. The number of nitrogens with one attached hydrogen (secondary N) is 1. The summed E-state index contributed by atoms with van der Waals surface area (Å²) in [5.74, 6) is -0.578. The molecule has 0 bridgehead atoms. The number of nitrogens with zero attached hydrogens (tertiary/aromatic N) is 2. The number of hydrogen-bond donors (Lipinski definition) is 1. The maximum absolute atomic E-state index is 14.5. The van der Waals surface area contributed by atoms with E-state index in [-0.39, 0.29) is 35.5 Å². The Hall–Kier alpha value is -4.05. The zero-order chi connectivity index (χ0) is 32.6. The third-order valence-corrected chi connectivity index (χ3v) is 9.38. The van der Waals surface area contributed by atoms with Crippen LogP contribution in [0.15, 0.2) is 108 Å². The molecule has 0 saturated heterocycles. The molecule has 11 heteroatoms.